The monoisotopic (exact) mass is 546 g/mol. The second kappa shape index (κ2) is 12.2. The summed E-state index contributed by atoms with van der Waals surface area (Å²) in [5, 5.41) is 16.7. The molecule has 2 heterocycles. The van der Waals surface area contributed by atoms with Crippen LogP contribution in [0.3, 0.4) is 0 Å². The molecule has 3 N–H and O–H groups in total. The number of carboxylic acids is 1. The average Bonchev–Trinajstić information content (AvgIpc) is 3.29. The standard InChI is InChI=1S/C31H34N2O7/c1-5-17(2)28(29(35)32-24(30(36)37)13-20-9-7-6-8-10-20)33-27(34)12-11-21-19(4)23-14-22-18(3)16-39-25(22)15-26(23)40-31(21)38/h6-10,14-17,24,28H,5,11-13H2,1-4H3,(H,32,35)(H,33,34)(H,36,37)/t17-,24+,28+/m1/s1. The van der Waals surface area contributed by atoms with Crippen LogP contribution >= 0.6 is 0 Å². The molecule has 0 bridgehead atoms. The van der Waals surface area contributed by atoms with Gasteiger partial charge >= 0.3 is 11.6 Å². The van der Waals surface area contributed by atoms with Gasteiger partial charge in [0.05, 0.1) is 6.26 Å². The lowest BCUT2D eigenvalue weighted by Gasteiger charge is -2.25. The van der Waals surface area contributed by atoms with Crippen LogP contribution in [0.15, 0.2) is 62.4 Å². The van der Waals surface area contributed by atoms with Crippen LogP contribution in [0.4, 0.5) is 0 Å². The number of rotatable bonds is 11. The molecular weight excluding hydrogens is 512 g/mol. The van der Waals surface area contributed by atoms with Gasteiger partial charge in [0, 0.05) is 35.2 Å². The van der Waals surface area contributed by atoms with Crippen LogP contribution in [0.1, 0.15) is 48.9 Å². The first kappa shape index (κ1) is 28.6. The summed E-state index contributed by atoms with van der Waals surface area (Å²) in [6.45, 7) is 7.46. The maximum Gasteiger partial charge on any atom is 0.339 e. The van der Waals surface area contributed by atoms with Gasteiger partial charge in [-0.25, -0.2) is 9.59 Å². The van der Waals surface area contributed by atoms with Gasteiger partial charge in [0.2, 0.25) is 11.8 Å². The highest BCUT2D eigenvalue weighted by molar-refractivity contribution is 5.96. The van der Waals surface area contributed by atoms with Gasteiger partial charge in [0.25, 0.3) is 0 Å². The Morgan fingerprint density at radius 3 is 2.40 bits per heavy atom. The van der Waals surface area contributed by atoms with Crippen LogP contribution in [-0.2, 0) is 27.2 Å². The van der Waals surface area contributed by atoms with Gasteiger partial charge in [-0.3, -0.25) is 9.59 Å². The molecule has 3 atom stereocenters. The first-order valence-corrected chi connectivity index (χ1v) is 13.4. The number of aliphatic carboxylic acids is 1. The summed E-state index contributed by atoms with van der Waals surface area (Å²) in [6, 6.07) is 10.6. The number of hydrogen-bond acceptors (Lipinski definition) is 6. The summed E-state index contributed by atoms with van der Waals surface area (Å²) in [5.41, 5.74) is 3.36. The molecule has 4 rings (SSSR count). The lowest BCUT2D eigenvalue weighted by molar-refractivity contribution is -0.142. The van der Waals surface area contributed by atoms with E-state index in [0.717, 1.165) is 27.5 Å². The third-order valence-electron chi connectivity index (χ3n) is 7.49. The third-order valence-corrected chi connectivity index (χ3v) is 7.49. The molecule has 9 heteroatoms. The summed E-state index contributed by atoms with van der Waals surface area (Å²) < 4.78 is 11.1. The minimum absolute atomic E-state index is 0.0450. The molecule has 0 saturated heterocycles. The van der Waals surface area contributed by atoms with Crippen LogP contribution in [0.25, 0.3) is 21.9 Å². The fourth-order valence-electron chi connectivity index (χ4n) is 4.82. The minimum atomic E-state index is -1.16. The molecule has 40 heavy (non-hydrogen) atoms. The summed E-state index contributed by atoms with van der Waals surface area (Å²) >= 11 is 0. The van der Waals surface area contributed by atoms with Crippen molar-refractivity contribution in [3.63, 3.8) is 0 Å². The van der Waals surface area contributed by atoms with Gasteiger partial charge in [-0.1, -0.05) is 50.6 Å². The van der Waals surface area contributed by atoms with Crippen molar-refractivity contribution in [1.29, 1.82) is 0 Å². The van der Waals surface area contributed by atoms with E-state index in [1.165, 1.54) is 0 Å². The van der Waals surface area contributed by atoms with E-state index in [2.05, 4.69) is 10.6 Å². The van der Waals surface area contributed by atoms with Crippen molar-refractivity contribution in [2.75, 3.05) is 0 Å². The molecule has 0 unspecified atom stereocenters. The smallest absolute Gasteiger partial charge is 0.339 e. The molecule has 210 valence electrons. The number of aryl methyl sites for hydroxylation is 2. The number of carbonyl (C=O) groups excluding carboxylic acids is 2. The molecule has 0 aliphatic rings. The van der Waals surface area contributed by atoms with Crippen molar-refractivity contribution in [2.45, 2.75) is 65.5 Å². The highest BCUT2D eigenvalue weighted by atomic mass is 16.4. The highest BCUT2D eigenvalue weighted by Crippen LogP contribution is 2.29. The number of amides is 2. The average molecular weight is 547 g/mol. The quantitative estimate of drug-likeness (QED) is 0.237. The van der Waals surface area contributed by atoms with Crippen LogP contribution in [-0.4, -0.2) is 35.0 Å². The molecule has 0 radical (unpaired) electrons. The number of carboxylic acid groups (broad SMARTS) is 1. The van der Waals surface area contributed by atoms with E-state index in [4.69, 9.17) is 8.83 Å². The van der Waals surface area contributed by atoms with Crippen LogP contribution in [0.2, 0.25) is 0 Å². The zero-order valence-electron chi connectivity index (χ0n) is 23.1. The number of nitrogens with one attached hydrogen (secondary N) is 2. The zero-order chi connectivity index (χ0) is 29.0. The van der Waals surface area contributed by atoms with Crippen molar-refractivity contribution in [2.24, 2.45) is 5.92 Å². The summed E-state index contributed by atoms with van der Waals surface area (Å²) in [5.74, 6) is -2.39. The first-order chi connectivity index (χ1) is 19.1. The lowest BCUT2D eigenvalue weighted by atomic mass is 9.96. The predicted molar refractivity (Wildman–Crippen MR) is 151 cm³/mol. The fourth-order valence-corrected chi connectivity index (χ4v) is 4.82. The van der Waals surface area contributed by atoms with Crippen molar-refractivity contribution in [3.05, 3.63) is 81.4 Å². The molecule has 0 aliphatic heterocycles. The molecule has 0 saturated carbocycles. The van der Waals surface area contributed by atoms with E-state index in [1.807, 2.05) is 39.8 Å². The van der Waals surface area contributed by atoms with E-state index in [-0.39, 0.29) is 25.2 Å². The number of fused-ring (bicyclic) bond motifs is 2. The molecule has 2 amide bonds. The zero-order valence-corrected chi connectivity index (χ0v) is 23.1. The van der Waals surface area contributed by atoms with Gasteiger partial charge in [0.1, 0.15) is 23.2 Å². The molecule has 4 aromatic rings. The van der Waals surface area contributed by atoms with Gasteiger partial charge in [-0.15, -0.1) is 0 Å². The Hall–Kier alpha value is -4.40. The van der Waals surface area contributed by atoms with Gasteiger partial charge in [-0.2, -0.15) is 0 Å². The normalized spacial score (nSPS) is 13.6. The largest absolute Gasteiger partial charge is 0.480 e. The van der Waals surface area contributed by atoms with Crippen LogP contribution in [0, 0.1) is 19.8 Å². The van der Waals surface area contributed by atoms with Crippen molar-refractivity contribution in [1.82, 2.24) is 10.6 Å². The molecule has 0 aliphatic carbocycles. The Labute approximate surface area is 231 Å². The van der Waals surface area contributed by atoms with Gasteiger partial charge < -0.3 is 24.6 Å². The number of furan rings is 1. The first-order valence-electron chi connectivity index (χ1n) is 13.4. The number of benzene rings is 2. The van der Waals surface area contributed by atoms with Crippen molar-refractivity contribution in [3.8, 4) is 0 Å². The summed E-state index contributed by atoms with van der Waals surface area (Å²) in [6.07, 6.45) is 2.43. The Morgan fingerprint density at radius 1 is 1.00 bits per heavy atom. The Balaban J connectivity index is 1.47. The van der Waals surface area contributed by atoms with E-state index in [1.54, 1.807) is 36.6 Å². The molecule has 0 fully saturated rings. The molecule has 0 spiro atoms. The lowest BCUT2D eigenvalue weighted by Crippen LogP contribution is -2.54. The maximum atomic E-state index is 13.2. The van der Waals surface area contributed by atoms with Gasteiger partial charge in [0.15, 0.2) is 0 Å². The van der Waals surface area contributed by atoms with E-state index >= 15 is 0 Å². The Kier molecular flexibility index (Phi) is 8.72. The van der Waals surface area contributed by atoms with E-state index in [9.17, 15) is 24.3 Å². The Morgan fingerprint density at radius 2 is 1.73 bits per heavy atom. The Bertz CT molecular complexity index is 1600. The molecular formula is C31H34N2O7. The molecule has 2 aromatic heterocycles. The van der Waals surface area contributed by atoms with Crippen molar-refractivity contribution >= 4 is 39.7 Å². The predicted octanol–water partition coefficient (Wildman–Crippen LogP) is 4.43. The minimum Gasteiger partial charge on any atom is -0.480 e. The molecule has 9 nitrogen and oxygen atoms in total. The second-order valence-corrected chi connectivity index (χ2v) is 10.3. The SMILES string of the molecule is CC[C@@H](C)[C@H](NC(=O)CCc1c(C)c2cc3c(C)coc3cc2oc1=O)C(=O)N[C@@H](Cc1ccccc1)C(=O)O. The van der Waals surface area contributed by atoms with Crippen LogP contribution in [0.5, 0.6) is 0 Å². The number of carbonyl (C=O) groups is 3. The van der Waals surface area contributed by atoms with Crippen LogP contribution < -0.4 is 16.3 Å². The third kappa shape index (κ3) is 6.25. The van der Waals surface area contributed by atoms with Crippen molar-refractivity contribution < 1.29 is 28.3 Å². The van der Waals surface area contributed by atoms with Gasteiger partial charge in [-0.05, 0) is 48.9 Å². The highest BCUT2D eigenvalue weighted by Gasteiger charge is 2.30. The number of hydrogen-bond donors (Lipinski definition) is 3. The summed E-state index contributed by atoms with van der Waals surface area (Å²) in [7, 11) is 0. The topological polar surface area (TPSA) is 139 Å². The fraction of sp³-hybridized carbons (Fsp3) is 0.355. The molecule has 2 aromatic carbocycles. The second-order valence-electron chi connectivity index (χ2n) is 10.3. The maximum absolute atomic E-state index is 13.2. The van der Waals surface area contributed by atoms with E-state index in [0.29, 0.717) is 23.2 Å². The summed E-state index contributed by atoms with van der Waals surface area (Å²) in [4.78, 5) is 50.8. The van der Waals surface area contributed by atoms with E-state index < -0.39 is 35.5 Å².